The summed E-state index contributed by atoms with van der Waals surface area (Å²) in [7, 11) is -3.89. The van der Waals surface area contributed by atoms with Gasteiger partial charge in [0.15, 0.2) is 5.16 Å². The fourth-order valence-electron chi connectivity index (χ4n) is 3.02. The highest BCUT2D eigenvalue weighted by atomic mass is 32.2. The van der Waals surface area contributed by atoms with Gasteiger partial charge in [0.1, 0.15) is 0 Å². The van der Waals surface area contributed by atoms with Crippen LogP contribution in [0.5, 0.6) is 0 Å². The number of hydrogen-bond donors (Lipinski definition) is 1. The molecule has 0 spiro atoms. The number of nitro benzene ring substituents is 1. The predicted molar refractivity (Wildman–Crippen MR) is 119 cm³/mol. The number of nitrogens with one attached hydrogen (secondary N) is 1. The molecule has 0 radical (unpaired) electrons. The van der Waals surface area contributed by atoms with Gasteiger partial charge in [0.05, 0.1) is 25.6 Å². The fraction of sp³-hybridized carbons (Fsp3) is 0.300. The van der Waals surface area contributed by atoms with Gasteiger partial charge < -0.3 is 0 Å². The summed E-state index contributed by atoms with van der Waals surface area (Å²) < 4.78 is 28.7. The molecule has 0 saturated heterocycles. The molecule has 0 unspecified atom stereocenters. The van der Waals surface area contributed by atoms with Crippen LogP contribution < -0.4 is 10.3 Å². The molecule has 0 aliphatic heterocycles. The summed E-state index contributed by atoms with van der Waals surface area (Å²) in [4.78, 5) is 28.5. The molecular weight excluding hydrogens is 440 g/mol. The second kappa shape index (κ2) is 9.16. The molecule has 2 aromatic carbocycles. The summed E-state index contributed by atoms with van der Waals surface area (Å²) in [5, 5.41) is 12.5. The maximum Gasteiger partial charge on any atom is 0.284 e. The van der Waals surface area contributed by atoms with Gasteiger partial charge in [-0.05, 0) is 56.3 Å². The van der Waals surface area contributed by atoms with Crippen molar-refractivity contribution in [3.8, 4) is 0 Å². The molecule has 0 aliphatic rings. The van der Waals surface area contributed by atoms with Crippen LogP contribution in [0.4, 0.5) is 5.69 Å². The lowest BCUT2D eigenvalue weighted by atomic mass is 10.2. The van der Waals surface area contributed by atoms with Crippen molar-refractivity contribution in [2.75, 3.05) is 0 Å². The topological polar surface area (TPSA) is 124 Å². The van der Waals surface area contributed by atoms with Crippen molar-refractivity contribution in [2.24, 2.45) is 0 Å². The molecule has 3 rings (SSSR count). The smallest absolute Gasteiger partial charge is 0.284 e. The van der Waals surface area contributed by atoms with E-state index in [1.807, 2.05) is 6.92 Å². The van der Waals surface area contributed by atoms with Crippen molar-refractivity contribution >= 4 is 38.4 Å². The zero-order valence-corrected chi connectivity index (χ0v) is 18.9. The minimum atomic E-state index is -3.89. The van der Waals surface area contributed by atoms with E-state index in [0.29, 0.717) is 29.0 Å². The summed E-state index contributed by atoms with van der Waals surface area (Å²) in [6.07, 6.45) is 0.674. The summed E-state index contributed by atoms with van der Waals surface area (Å²) in [6, 6.07) is 10.3. The lowest BCUT2D eigenvalue weighted by Crippen LogP contribution is -2.30. The van der Waals surface area contributed by atoms with E-state index in [0.717, 1.165) is 17.8 Å². The molecule has 9 nitrogen and oxygen atoms in total. The summed E-state index contributed by atoms with van der Waals surface area (Å²) >= 11 is 0.966. The molecule has 31 heavy (non-hydrogen) atoms. The Kier molecular flexibility index (Phi) is 6.77. The molecule has 164 valence electrons. The fourth-order valence-corrected chi connectivity index (χ4v) is 5.29. The van der Waals surface area contributed by atoms with E-state index in [1.165, 1.54) is 16.7 Å². The predicted octanol–water partition coefficient (Wildman–Crippen LogP) is 3.55. The van der Waals surface area contributed by atoms with E-state index in [9.17, 15) is 23.3 Å². The van der Waals surface area contributed by atoms with Gasteiger partial charge in [-0.15, -0.1) is 0 Å². The first-order chi connectivity index (χ1) is 14.6. The van der Waals surface area contributed by atoms with Gasteiger partial charge >= 0.3 is 0 Å². The van der Waals surface area contributed by atoms with Gasteiger partial charge in [0.25, 0.3) is 11.2 Å². The van der Waals surface area contributed by atoms with E-state index in [-0.39, 0.29) is 27.1 Å². The third-order valence-corrected chi connectivity index (χ3v) is 7.02. The Morgan fingerprint density at radius 2 is 1.94 bits per heavy atom. The van der Waals surface area contributed by atoms with Crippen molar-refractivity contribution in [2.45, 2.75) is 54.7 Å². The van der Waals surface area contributed by atoms with E-state index in [4.69, 9.17) is 0 Å². The molecule has 0 amide bonds. The third-order valence-electron chi connectivity index (χ3n) is 4.30. The normalized spacial score (nSPS) is 11.9. The van der Waals surface area contributed by atoms with Crippen LogP contribution in [0.25, 0.3) is 10.9 Å². The second-order valence-electron chi connectivity index (χ2n) is 7.13. The number of nitro groups is 1. The average molecular weight is 463 g/mol. The SMILES string of the molecule is CCCn1c(Sc2ccc(S(=O)(=O)NC(C)C)cc2[N+](=O)[O-])nc2ccccc2c1=O. The molecule has 1 N–H and O–H groups in total. The van der Waals surface area contributed by atoms with Crippen LogP contribution in [-0.4, -0.2) is 28.9 Å². The maximum absolute atomic E-state index is 12.9. The van der Waals surface area contributed by atoms with Gasteiger partial charge in [0, 0.05) is 18.7 Å². The van der Waals surface area contributed by atoms with Crippen molar-refractivity contribution in [3.63, 3.8) is 0 Å². The standard InChI is InChI=1S/C20H22N4O5S2/c1-4-11-23-19(25)15-7-5-6-8-16(15)21-20(23)30-18-10-9-14(12-17(18)24(26)27)31(28,29)22-13(2)3/h5-10,12-13,22H,4,11H2,1-3H3. The minimum absolute atomic E-state index is 0.195. The molecular formula is C20H22N4O5S2. The number of fused-ring (bicyclic) bond motifs is 1. The van der Waals surface area contributed by atoms with Gasteiger partial charge in [0.2, 0.25) is 10.0 Å². The Balaban J connectivity index is 2.12. The number of rotatable bonds is 8. The molecule has 0 saturated carbocycles. The molecule has 0 atom stereocenters. The molecule has 0 aliphatic carbocycles. The molecule has 1 heterocycles. The highest BCUT2D eigenvalue weighted by Gasteiger charge is 2.24. The van der Waals surface area contributed by atoms with Crippen molar-refractivity contribution in [1.82, 2.24) is 14.3 Å². The number of para-hydroxylation sites is 1. The van der Waals surface area contributed by atoms with E-state index in [2.05, 4.69) is 9.71 Å². The maximum atomic E-state index is 12.9. The summed E-state index contributed by atoms with van der Waals surface area (Å²) in [5.41, 5.74) is -0.106. The number of hydrogen-bond acceptors (Lipinski definition) is 7. The highest BCUT2D eigenvalue weighted by Crippen LogP contribution is 2.35. The van der Waals surface area contributed by atoms with Crippen LogP contribution in [0.3, 0.4) is 0 Å². The Morgan fingerprint density at radius 3 is 2.58 bits per heavy atom. The Morgan fingerprint density at radius 1 is 1.23 bits per heavy atom. The van der Waals surface area contributed by atoms with Crippen LogP contribution >= 0.6 is 11.8 Å². The number of nitrogens with zero attached hydrogens (tertiary/aromatic N) is 3. The Bertz CT molecular complexity index is 1300. The van der Waals surface area contributed by atoms with E-state index < -0.39 is 14.9 Å². The van der Waals surface area contributed by atoms with Crippen LogP contribution in [-0.2, 0) is 16.6 Å². The number of aromatic nitrogens is 2. The number of benzene rings is 2. The van der Waals surface area contributed by atoms with Gasteiger partial charge in [-0.25, -0.2) is 18.1 Å². The first-order valence-corrected chi connectivity index (χ1v) is 11.9. The molecule has 0 bridgehead atoms. The van der Waals surface area contributed by atoms with Crippen molar-refractivity contribution < 1.29 is 13.3 Å². The largest absolute Gasteiger partial charge is 0.287 e. The summed E-state index contributed by atoms with van der Waals surface area (Å²) in [6.45, 7) is 5.64. The van der Waals surface area contributed by atoms with Crippen LogP contribution in [0.2, 0.25) is 0 Å². The lowest BCUT2D eigenvalue weighted by Gasteiger charge is -2.13. The van der Waals surface area contributed by atoms with E-state index in [1.54, 1.807) is 38.1 Å². The number of sulfonamides is 1. The first-order valence-electron chi connectivity index (χ1n) is 9.62. The minimum Gasteiger partial charge on any atom is -0.287 e. The van der Waals surface area contributed by atoms with Crippen molar-refractivity contribution in [1.29, 1.82) is 0 Å². The monoisotopic (exact) mass is 462 g/mol. The van der Waals surface area contributed by atoms with Crippen LogP contribution in [0, 0.1) is 10.1 Å². The Labute approximate surface area is 183 Å². The van der Waals surface area contributed by atoms with Gasteiger partial charge in [-0.3, -0.25) is 19.5 Å². The quantitative estimate of drug-likeness (QED) is 0.308. The van der Waals surface area contributed by atoms with Crippen molar-refractivity contribution in [3.05, 3.63) is 62.9 Å². The molecule has 3 aromatic rings. The van der Waals surface area contributed by atoms with Gasteiger partial charge in [-0.1, -0.05) is 19.1 Å². The molecule has 1 aromatic heterocycles. The van der Waals surface area contributed by atoms with Crippen LogP contribution in [0.1, 0.15) is 27.2 Å². The third kappa shape index (κ3) is 4.94. The zero-order chi connectivity index (χ0) is 22.8. The Hall–Kier alpha value is -2.76. The summed E-state index contributed by atoms with van der Waals surface area (Å²) in [5.74, 6) is 0. The first kappa shape index (κ1) is 22.9. The molecule has 0 fully saturated rings. The zero-order valence-electron chi connectivity index (χ0n) is 17.2. The van der Waals surface area contributed by atoms with Crippen LogP contribution in [0.15, 0.2) is 62.2 Å². The van der Waals surface area contributed by atoms with Gasteiger partial charge in [-0.2, -0.15) is 0 Å². The lowest BCUT2D eigenvalue weighted by molar-refractivity contribution is -0.388. The highest BCUT2D eigenvalue weighted by molar-refractivity contribution is 7.99. The second-order valence-corrected chi connectivity index (χ2v) is 9.86. The van der Waals surface area contributed by atoms with E-state index >= 15 is 0 Å². The average Bonchev–Trinajstić information content (AvgIpc) is 2.70. The molecule has 11 heteroatoms.